The van der Waals surface area contributed by atoms with Gasteiger partial charge in [-0.15, -0.1) is 0 Å². The maximum Gasteiger partial charge on any atom is 0.265 e. The van der Waals surface area contributed by atoms with Gasteiger partial charge in [0, 0.05) is 0 Å². The SMILES string of the molecule is N=C(OC1O[C@H](CO)[C@@H](O)[C@H](O)[C@H]1O)C(Cl)(Cl)Cl. The highest BCUT2D eigenvalue weighted by molar-refractivity contribution is 6.76. The third-order valence-electron chi connectivity index (χ3n) is 2.34. The van der Waals surface area contributed by atoms with Crippen LogP contribution in [0, 0.1) is 5.41 Å². The summed E-state index contributed by atoms with van der Waals surface area (Å²) in [7, 11) is 0. The number of alkyl halides is 3. The minimum absolute atomic E-state index is 0.619. The second kappa shape index (κ2) is 6.06. The van der Waals surface area contributed by atoms with Crippen LogP contribution in [0.3, 0.4) is 0 Å². The summed E-state index contributed by atoms with van der Waals surface area (Å²) >= 11 is 16.1. The predicted octanol–water partition coefficient (Wildman–Crippen LogP) is -0.850. The van der Waals surface area contributed by atoms with Gasteiger partial charge < -0.3 is 29.9 Å². The zero-order valence-electron chi connectivity index (χ0n) is 8.83. The van der Waals surface area contributed by atoms with Gasteiger partial charge in [0.05, 0.1) is 6.61 Å². The van der Waals surface area contributed by atoms with Gasteiger partial charge in [-0.25, -0.2) is 0 Å². The molecule has 18 heavy (non-hydrogen) atoms. The molecule has 10 heteroatoms. The molecular formula is C8H12Cl3NO6. The van der Waals surface area contributed by atoms with E-state index in [9.17, 15) is 15.3 Å². The zero-order valence-corrected chi connectivity index (χ0v) is 11.1. The van der Waals surface area contributed by atoms with Crippen LogP contribution in [0.15, 0.2) is 0 Å². The van der Waals surface area contributed by atoms with Crippen LogP contribution >= 0.6 is 34.8 Å². The maximum absolute atomic E-state index is 9.57. The third kappa shape index (κ3) is 3.58. The van der Waals surface area contributed by atoms with E-state index in [1.54, 1.807) is 0 Å². The topological polar surface area (TPSA) is 123 Å². The van der Waals surface area contributed by atoms with E-state index in [4.69, 9.17) is 54.8 Å². The Balaban J connectivity index is 2.74. The van der Waals surface area contributed by atoms with Crippen molar-refractivity contribution < 1.29 is 29.9 Å². The highest BCUT2D eigenvalue weighted by atomic mass is 35.6. The largest absolute Gasteiger partial charge is 0.445 e. The lowest BCUT2D eigenvalue weighted by molar-refractivity contribution is -0.281. The van der Waals surface area contributed by atoms with Gasteiger partial charge >= 0.3 is 0 Å². The summed E-state index contributed by atoms with van der Waals surface area (Å²) in [5.74, 6) is -0.822. The number of aliphatic hydroxyl groups is 4. The van der Waals surface area contributed by atoms with Crippen molar-refractivity contribution in [3.8, 4) is 0 Å². The highest BCUT2D eigenvalue weighted by Crippen LogP contribution is 2.30. The molecule has 0 bridgehead atoms. The summed E-state index contributed by atoms with van der Waals surface area (Å²) in [5, 5.41) is 44.7. The minimum Gasteiger partial charge on any atom is -0.445 e. The van der Waals surface area contributed by atoms with Gasteiger partial charge in [-0.05, 0) is 0 Å². The first-order chi connectivity index (χ1) is 8.18. The molecular weight excluding hydrogens is 312 g/mol. The molecule has 1 aliphatic heterocycles. The number of halogens is 3. The number of nitrogens with one attached hydrogen (secondary N) is 1. The molecule has 5 atom stereocenters. The molecule has 0 aromatic heterocycles. The predicted molar refractivity (Wildman–Crippen MR) is 62.9 cm³/mol. The summed E-state index contributed by atoms with van der Waals surface area (Å²) in [5.41, 5.74) is 0. The van der Waals surface area contributed by atoms with Crippen molar-refractivity contribution in [2.45, 2.75) is 34.5 Å². The molecule has 0 aromatic carbocycles. The van der Waals surface area contributed by atoms with Crippen molar-refractivity contribution in [2.24, 2.45) is 0 Å². The first-order valence-corrected chi connectivity index (χ1v) is 5.94. The summed E-state index contributed by atoms with van der Waals surface area (Å²) in [6, 6.07) is 0. The van der Waals surface area contributed by atoms with Crippen LogP contribution in [-0.2, 0) is 9.47 Å². The molecule has 0 aliphatic carbocycles. The van der Waals surface area contributed by atoms with E-state index in [0.717, 1.165) is 0 Å². The molecule has 1 saturated heterocycles. The van der Waals surface area contributed by atoms with Gasteiger partial charge in [-0.2, -0.15) is 0 Å². The molecule has 0 radical (unpaired) electrons. The van der Waals surface area contributed by atoms with E-state index >= 15 is 0 Å². The fourth-order valence-electron chi connectivity index (χ4n) is 1.35. The molecule has 1 aliphatic rings. The molecule has 1 fully saturated rings. The van der Waals surface area contributed by atoms with Gasteiger partial charge in [0.25, 0.3) is 3.79 Å². The fourth-order valence-corrected chi connectivity index (χ4v) is 1.48. The Labute approximate surface area is 117 Å². The molecule has 0 aromatic rings. The zero-order chi connectivity index (χ0) is 14.1. The summed E-state index contributed by atoms with van der Waals surface area (Å²) in [4.78, 5) is 0. The van der Waals surface area contributed by atoms with E-state index in [-0.39, 0.29) is 0 Å². The number of hydrogen-bond donors (Lipinski definition) is 5. The van der Waals surface area contributed by atoms with E-state index in [2.05, 4.69) is 0 Å². The van der Waals surface area contributed by atoms with Crippen LogP contribution in [0.25, 0.3) is 0 Å². The molecule has 106 valence electrons. The molecule has 0 spiro atoms. The second-order valence-electron chi connectivity index (χ2n) is 3.64. The standard InChI is InChI=1S/C8H12Cl3NO6/c9-8(10,11)7(12)18-6-5(16)4(15)3(14)2(1-13)17-6/h2-6,12-16H,1H2/t2-,3-,4+,5-,6?/m1/s1. The molecule has 1 heterocycles. The lowest BCUT2D eigenvalue weighted by Gasteiger charge is -2.39. The van der Waals surface area contributed by atoms with Crippen LogP contribution in [0.5, 0.6) is 0 Å². The Kier molecular flexibility index (Phi) is 5.45. The second-order valence-corrected chi connectivity index (χ2v) is 5.92. The van der Waals surface area contributed by atoms with E-state index in [0.29, 0.717) is 0 Å². The van der Waals surface area contributed by atoms with E-state index in [1.165, 1.54) is 0 Å². The van der Waals surface area contributed by atoms with Crippen LogP contribution in [0.2, 0.25) is 0 Å². The summed E-state index contributed by atoms with van der Waals surface area (Å²) in [6.45, 7) is -0.619. The van der Waals surface area contributed by atoms with Crippen LogP contribution in [0.4, 0.5) is 0 Å². The summed E-state index contributed by atoms with van der Waals surface area (Å²) < 4.78 is 7.55. The lowest BCUT2D eigenvalue weighted by atomic mass is 9.99. The van der Waals surface area contributed by atoms with Crippen molar-refractivity contribution in [1.82, 2.24) is 0 Å². The molecule has 0 amide bonds. The fraction of sp³-hybridized carbons (Fsp3) is 0.875. The third-order valence-corrected chi connectivity index (χ3v) is 2.85. The molecule has 0 saturated carbocycles. The highest BCUT2D eigenvalue weighted by Gasteiger charge is 2.46. The van der Waals surface area contributed by atoms with Crippen LogP contribution in [0.1, 0.15) is 0 Å². The Hall–Kier alpha value is 0.140. The van der Waals surface area contributed by atoms with Gasteiger partial charge in [0.1, 0.15) is 24.4 Å². The van der Waals surface area contributed by atoms with Gasteiger partial charge in [0.2, 0.25) is 12.2 Å². The average Bonchev–Trinajstić information content (AvgIpc) is 2.28. The van der Waals surface area contributed by atoms with Crippen molar-refractivity contribution >= 4 is 40.7 Å². The first-order valence-electron chi connectivity index (χ1n) is 4.81. The van der Waals surface area contributed by atoms with E-state index < -0.39 is 47.0 Å². The van der Waals surface area contributed by atoms with E-state index in [1.807, 2.05) is 0 Å². The minimum atomic E-state index is -2.15. The van der Waals surface area contributed by atoms with Crippen LogP contribution in [-0.4, -0.2) is 67.4 Å². The van der Waals surface area contributed by atoms with Crippen molar-refractivity contribution in [3.05, 3.63) is 0 Å². The molecule has 1 unspecified atom stereocenters. The van der Waals surface area contributed by atoms with Crippen molar-refractivity contribution in [1.29, 1.82) is 5.41 Å². The molecule has 1 rings (SSSR count). The quantitative estimate of drug-likeness (QED) is 0.256. The van der Waals surface area contributed by atoms with Crippen LogP contribution < -0.4 is 0 Å². The van der Waals surface area contributed by atoms with Crippen molar-refractivity contribution in [2.75, 3.05) is 6.61 Å². The summed E-state index contributed by atoms with van der Waals surface area (Å²) in [6.07, 6.45) is -7.49. The number of ether oxygens (including phenoxy) is 2. The van der Waals surface area contributed by atoms with Gasteiger partial charge in [-0.1, -0.05) is 34.8 Å². The monoisotopic (exact) mass is 323 g/mol. The average molecular weight is 325 g/mol. The maximum atomic E-state index is 9.57. The molecule has 5 N–H and O–H groups in total. The first kappa shape index (κ1) is 16.2. The van der Waals surface area contributed by atoms with Gasteiger partial charge in [0.15, 0.2) is 0 Å². The Morgan fingerprint density at radius 2 is 1.72 bits per heavy atom. The number of aliphatic hydroxyl groups excluding tert-OH is 4. The Bertz CT molecular complexity index is 310. The normalized spacial score (nSPS) is 37.4. The number of rotatable bonds is 2. The molecule has 7 nitrogen and oxygen atoms in total. The lowest BCUT2D eigenvalue weighted by Crippen LogP contribution is -2.59. The number of hydrogen-bond acceptors (Lipinski definition) is 7. The van der Waals surface area contributed by atoms with Crippen molar-refractivity contribution in [3.63, 3.8) is 0 Å². The smallest absolute Gasteiger partial charge is 0.265 e. The Morgan fingerprint density at radius 1 is 1.17 bits per heavy atom. The van der Waals surface area contributed by atoms with Gasteiger partial charge in [-0.3, -0.25) is 5.41 Å². The Morgan fingerprint density at radius 3 is 2.17 bits per heavy atom.